The van der Waals surface area contributed by atoms with Gasteiger partial charge in [0.15, 0.2) is 6.71 Å². The fraction of sp³-hybridized carbons (Fsp3) is 1.00. The van der Waals surface area contributed by atoms with E-state index in [2.05, 4.69) is 105 Å². The molecule has 0 aromatic carbocycles. The third-order valence-electron chi connectivity index (χ3n) is 34.5. The maximum absolute atomic E-state index is 3.89. The predicted molar refractivity (Wildman–Crippen MR) is 382 cm³/mol. The van der Waals surface area contributed by atoms with Gasteiger partial charge in [0.1, 0.15) is 0 Å². The van der Waals surface area contributed by atoms with Crippen LogP contribution < -0.4 is 0 Å². The van der Waals surface area contributed by atoms with Crippen LogP contribution in [0.4, 0.5) is 0 Å². The zero-order valence-electron chi connectivity index (χ0n) is 60.6. The third-order valence-corrected chi connectivity index (χ3v) is 36.3. The Morgan fingerprint density at radius 2 is 0.854 bits per heavy atom. The maximum Gasteiger partial charge on any atom is 0.155 e. The molecule has 2 nitrogen and oxygen atoms in total. The number of hydrogen-bond acceptors (Lipinski definition) is 3. The van der Waals surface area contributed by atoms with Crippen LogP contribution in [0.25, 0.3) is 0 Å². The molecule has 3 aliphatic heterocycles. The second kappa shape index (κ2) is 24.6. The maximum atomic E-state index is 3.89. The van der Waals surface area contributed by atoms with Crippen molar-refractivity contribution in [2.75, 3.05) is 0 Å². The van der Waals surface area contributed by atoms with E-state index in [0.29, 0.717) is 21.7 Å². The molecule has 4 heteroatoms. The Morgan fingerprint density at radius 3 is 1.44 bits per heavy atom. The van der Waals surface area contributed by atoms with Gasteiger partial charge in [-0.25, -0.2) is 0 Å². The molecule has 3 saturated heterocycles. The first kappa shape index (κ1) is 64.0. The lowest BCUT2D eigenvalue weighted by Gasteiger charge is -2.70. The van der Waals surface area contributed by atoms with Gasteiger partial charge >= 0.3 is 0 Å². The summed E-state index contributed by atoms with van der Waals surface area (Å²) in [6.45, 7) is 32.9. The van der Waals surface area contributed by atoms with Crippen LogP contribution in [0.2, 0.25) is 17.5 Å². The predicted octanol–water partition coefficient (Wildman–Crippen LogP) is 23.4. The van der Waals surface area contributed by atoms with E-state index in [9.17, 15) is 0 Å². The van der Waals surface area contributed by atoms with Crippen molar-refractivity contribution in [3.8, 4) is 0 Å². The number of thioether (sulfide) groups is 1. The second-order valence-electron chi connectivity index (χ2n) is 42.5. The van der Waals surface area contributed by atoms with E-state index in [1.54, 1.807) is 161 Å². The molecule has 16 fully saturated rings. The van der Waals surface area contributed by atoms with Crippen molar-refractivity contribution in [3.63, 3.8) is 0 Å². The van der Waals surface area contributed by atoms with Crippen LogP contribution in [0.3, 0.4) is 0 Å². The summed E-state index contributed by atoms with van der Waals surface area (Å²) in [5.41, 5.74) is 1.70. The van der Waals surface area contributed by atoms with Crippen LogP contribution in [-0.2, 0) is 0 Å². The Balaban J connectivity index is 0.791. The SMILES string of the molecule is CC(C)(C)CC1CC2SC3C[C@@H](N4C5CCC(C(C)(C)C)CC5C5C[C@@H](C(C)(C)C)CCC54)CC[C@H]3B3C4CCC([C@@H]5CC[C@@H]6CCCC7C6C5[C@H]5CCCC6CCC[C@@H]7C65)C[C@H]4N(C4[C@@H](C5CCCCC5)CC(C(C)(C)C)C[C@H]4C4CCCCC4)C(C1)[C@H]32. The molecule has 0 N–H and O–H groups in total. The highest BCUT2D eigenvalue weighted by molar-refractivity contribution is 8.00. The Morgan fingerprint density at radius 1 is 0.326 bits per heavy atom. The highest BCUT2D eigenvalue weighted by atomic mass is 32.2. The molecule has 16 aliphatic rings. The first-order valence-electron chi connectivity index (χ1n) is 41.8. The van der Waals surface area contributed by atoms with Crippen molar-refractivity contribution in [3.05, 3.63) is 0 Å². The first-order valence-corrected chi connectivity index (χ1v) is 42.8. The average Bonchev–Trinajstić information content (AvgIpc) is 1.11. The summed E-state index contributed by atoms with van der Waals surface area (Å²) in [6.07, 6.45) is 59.7. The summed E-state index contributed by atoms with van der Waals surface area (Å²) >= 11 is 2.77. The number of nitrogens with zero attached hydrogens (tertiary/aromatic N) is 2. The van der Waals surface area contributed by atoms with E-state index < -0.39 is 0 Å². The van der Waals surface area contributed by atoms with Crippen molar-refractivity contribution >= 4 is 18.5 Å². The smallest absolute Gasteiger partial charge is 0.155 e. The van der Waals surface area contributed by atoms with Gasteiger partial charge in [-0.3, -0.25) is 9.80 Å². The summed E-state index contributed by atoms with van der Waals surface area (Å²) in [4.78, 5) is 7.37. The van der Waals surface area contributed by atoms with Crippen molar-refractivity contribution in [2.24, 2.45) is 140 Å². The van der Waals surface area contributed by atoms with Crippen LogP contribution >= 0.6 is 11.8 Å². The summed E-state index contributed by atoms with van der Waals surface area (Å²) in [5.74, 6) is 23.1. The molecular formula is C85H143BN2S. The van der Waals surface area contributed by atoms with Gasteiger partial charge in [0, 0.05) is 46.8 Å². The zero-order chi connectivity index (χ0) is 61.2. The molecule has 0 spiro atoms. The van der Waals surface area contributed by atoms with Crippen LogP contribution in [0, 0.1) is 140 Å². The van der Waals surface area contributed by atoms with E-state index in [-0.39, 0.29) is 0 Å². The summed E-state index contributed by atoms with van der Waals surface area (Å²) in [6, 6.07) is 5.16. The molecule has 13 saturated carbocycles. The lowest BCUT2D eigenvalue weighted by molar-refractivity contribution is -0.169. The van der Waals surface area contributed by atoms with E-state index in [1.807, 2.05) is 0 Å². The standard InChI is InChI=1S/C85H143BN2S/c1-82(2,3)50-51-42-74-80-76(43-51)89-75-49-60(87-71-40-34-57(83(4,5)6)45-67(71)68-46-58(84(7,8)9)35-41-72(68)87)36-39-70(75)86(80)69-38-33-56(61-37-32-55-28-20-30-63-62-29-19-26-54-27-21-31-64(77(54)62)79(61)78(55)63)44-73(69)88(74)81-65(52-22-15-13-16-23-52)47-59(85(10,11)12)48-66(81)53-24-17-14-18-25-53/h51-81H,13-50H2,1-12H3/t51?,54?,55-,56?,57-,58?,59?,60-,61-,62-,63?,64-,65-,66+,67?,68?,69?,70+,71?,72?,73+,74?,75?,76?,77?,78?,79?,80-,81?/m0/s1. The summed E-state index contributed by atoms with van der Waals surface area (Å²) in [5, 5.41) is 1.80. The molecular weight excluding hydrogens is 1090 g/mol. The van der Waals surface area contributed by atoms with Gasteiger partial charge in [-0.1, -0.05) is 205 Å². The van der Waals surface area contributed by atoms with Crippen LogP contribution in [0.1, 0.15) is 327 Å². The lowest BCUT2D eigenvalue weighted by Crippen LogP contribution is -2.72. The van der Waals surface area contributed by atoms with E-state index in [4.69, 9.17) is 0 Å². The molecule has 13 aliphatic carbocycles. The number of rotatable bonds is 6. The minimum atomic E-state index is 0.402. The lowest BCUT2D eigenvalue weighted by atomic mass is 9.20. The molecule has 0 aromatic heterocycles. The third kappa shape index (κ3) is 11.6. The Hall–Kier alpha value is 0.335. The molecule has 502 valence electrons. The Kier molecular flexibility index (Phi) is 17.7. The molecule has 0 radical (unpaired) electrons. The first-order chi connectivity index (χ1) is 42.6. The monoisotopic (exact) mass is 1240 g/mol. The van der Waals surface area contributed by atoms with Crippen molar-refractivity contribution in [1.82, 2.24) is 9.80 Å². The van der Waals surface area contributed by atoms with Crippen molar-refractivity contribution < 1.29 is 0 Å². The molecule has 0 aromatic rings. The summed E-state index contributed by atoms with van der Waals surface area (Å²) in [7, 11) is 0. The molecule has 3 heterocycles. The average molecular weight is 1240 g/mol. The quantitative estimate of drug-likeness (QED) is 0.245. The fourth-order valence-electron chi connectivity index (χ4n) is 31.4. The molecule has 0 amide bonds. The molecule has 89 heavy (non-hydrogen) atoms. The molecule has 29 atom stereocenters. The van der Waals surface area contributed by atoms with Gasteiger partial charge in [-0.05, 0) is 279 Å². The number of likely N-dealkylation sites (tertiary alicyclic amines) is 1. The normalized spacial score (nSPS) is 51.0. The Labute approximate surface area is 556 Å². The van der Waals surface area contributed by atoms with E-state index >= 15 is 0 Å². The molecule has 18 unspecified atom stereocenters. The highest BCUT2D eigenvalue weighted by Gasteiger charge is 2.68. The van der Waals surface area contributed by atoms with E-state index in [1.165, 1.54) is 83.5 Å². The Bertz CT molecular complexity index is 2340. The number of fused-ring (bicyclic) bond motifs is 9. The fourth-order valence-corrected chi connectivity index (χ4v) is 33.6. The highest BCUT2D eigenvalue weighted by Crippen LogP contribution is 2.72. The minimum absolute atomic E-state index is 0.402. The van der Waals surface area contributed by atoms with Crippen molar-refractivity contribution in [2.45, 2.75) is 391 Å². The molecule has 16 rings (SSSR count). The van der Waals surface area contributed by atoms with Gasteiger partial charge in [0.2, 0.25) is 0 Å². The van der Waals surface area contributed by atoms with Gasteiger partial charge in [-0.15, -0.1) is 0 Å². The minimum Gasteiger partial charge on any atom is -0.295 e. The van der Waals surface area contributed by atoms with Crippen LogP contribution in [0.5, 0.6) is 0 Å². The van der Waals surface area contributed by atoms with Crippen molar-refractivity contribution in [1.29, 1.82) is 0 Å². The van der Waals surface area contributed by atoms with Gasteiger partial charge < -0.3 is 0 Å². The summed E-state index contributed by atoms with van der Waals surface area (Å²) < 4.78 is 0. The largest absolute Gasteiger partial charge is 0.295 e. The van der Waals surface area contributed by atoms with Crippen LogP contribution in [0.15, 0.2) is 0 Å². The van der Waals surface area contributed by atoms with E-state index in [0.717, 1.165) is 189 Å². The molecule has 0 bridgehead atoms. The van der Waals surface area contributed by atoms with Gasteiger partial charge in [-0.2, -0.15) is 11.8 Å². The second-order valence-corrected chi connectivity index (χ2v) is 44.0. The topological polar surface area (TPSA) is 6.48 Å². The van der Waals surface area contributed by atoms with Gasteiger partial charge in [0.05, 0.1) is 0 Å². The number of hydrogen-bond donors (Lipinski definition) is 0. The van der Waals surface area contributed by atoms with Crippen LogP contribution in [-0.4, -0.2) is 63.3 Å². The zero-order valence-corrected chi connectivity index (χ0v) is 61.5. The van der Waals surface area contributed by atoms with Gasteiger partial charge in [0.25, 0.3) is 0 Å².